The number of anilines is 3. The van der Waals surface area contributed by atoms with E-state index >= 15 is 0 Å². The molecule has 0 radical (unpaired) electrons. The summed E-state index contributed by atoms with van der Waals surface area (Å²) in [6, 6.07) is 57.7. The van der Waals surface area contributed by atoms with Crippen molar-refractivity contribution in [3.8, 4) is 11.4 Å². The Morgan fingerprint density at radius 3 is 1.38 bits per heavy atom. The maximum Gasteiger partial charge on any atom is 0.249 e. The number of benzene rings is 8. The lowest BCUT2D eigenvalue weighted by atomic mass is 9.34. The second-order valence-electron chi connectivity index (χ2n) is 26.8. The van der Waals surface area contributed by atoms with Gasteiger partial charge < -0.3 is 14.0 Å². The van der Waals surface area contributed by atoms with E-state index in [4.69, 9.17) is 0 Å². The van der Waals surface area contributed by atoms with Crippen LogP contribution < -0.4 is 21.3 Å². The average molecular weight is 1030 g/mol. The number of fused-ring (bicyclic) bond motifs is 10. The van der Waals surface area contributed by atoms with Crippen LogP contribution in [0.5, 0.6) is 0 Å². The molecule has 3 nitrogen and oxygen atoms in total. The largest absolute Gasteiger partial charge is 0.311 e. The van der Waals surface area contributed by atoms with E-state index < -0.39 is 0 Å². The number of unbranched alkanes of at least 4 members (excludes halogenated alkanes) is 2. The van der Waals surface area contributed by atoms with E-state index in [9.17, 15) is 0 Å². The molecule has 0 saturated carbocycles. The molecule has 0 amide bonds. The maximum absolute atomic E-state index is 2.79. The predicted octanol–water partition coefficient (Wildman–Crippen LogP) is 18.5. The summed E-state index contributed by atoms with van der Waals surface area (Å²) in [6.45, 7) is 33.0. The van der Waals surface area contributed by atoms with Crippen molar-refractivity contribution >= 4 is 95.5 Å². The Bertz CT molecular complexity index is 3960. The normalized spacial score (nSPS) is 13.8. The van der Waals surface area contributed by atoms with Gasteiger partial charge in [0.05, 0.1) is 27.8 Å². The molecule has 0 spiro atoms. The molecule has 390 valence electrons. The third-order valence-corrected chi connectivity index (χ3v) is 18.3. The fraction of sp³-hybridized carbons (Fsp3) is 0.333. The summed E-state index contributed by atoms with van der Waals surface area (Å²) in [6.07, 6.45) is 6.65. The van der Waals surface area contributed by atoms with Crippen LogP contribution in [0.4, 0.5) is 17.1 Å². The third-order valence-electron chi connectivity index (χ3n) is 17.2. The molecule has 0 bridgehead atoms. The molecule has 12 rings (SSSR count). The summed E-state index contributed by atoms with van der Waals surface area (Å²) in [5.74, 6) is 0. The molecule has 77 heavy (non-hydrogen) atoms. The lowest BCUT2D eigenvalue weighted by molar-refractivity contribution is 0.587. The quantitative estimate of drug-likeness (QED) is 0.134. The predicted molar refractivity (Wildman–Crippen MR) is 337 cm³/mol. The van der Waals surface area contributed by atoms with Crippen molar-refractivity contribution in [3.63, 3.8) is 0 Å². The minimum atomic E-state index is -0.0898. The number of aromatic nitrogens is 2. The first kappa shape index (κ1) is 51.3. The van der Waals surface area contributed by atoms with Crippen molar-refractivity contribution in [2.75, 3.05) is 4.90 Å². The summed E-state index contributed by atoms with van der Waals surface area (Å²) in [7, 11) is 0. The molecule has 5 heteroatoms. The highest BCUT2D eigenvalue weighted by molar-refractivity contribution is 8.00. The summed E-state index contributed by atoms with van der Waals surface area (Å²) >= 11 is 1.98. The second kappa shape index (κ2) is 18.6. The van der Waals surface area contributed by atoms with Gasteiger partial charge in [0.15, 0.2) is 0 Å². The van der Waals surface area contributed by atoms with Gasteiger partial charge in [-0.05, 0) is 164 Å². The van der Waals surface area contributed by atoms with E-state index in [0.29, 0.717) is 0 Å². The standard InChI is InChI=1S/C72H78BN3S/c1-15-17-23-45-37-49(71(9,10)11)38-46(24-18-16-2)68(45)76-63-43-51(74-59-27-21-19-25-53(59)55-39-47(69(3,4)5)29-35-61(55)74)31-33-57(63)73-58-34-32-52(44-65(58)77-66-42-50(72(12,13)14)41-64(76)67(66)73)75-60-28-22-20-26-54(60)56-40-48(70(6,7)8)30-36-62(56)75/h19-22,25-44H,15-18,23-24H2,1-14H3. The van der Waals surface area contributed by atoms with Crippen LogP contribution in [-0.4, -0.2) is 15.8 Å². The van der Waals surface area contributed by atoms with Crippen LogP contribution in [0.25, 0.3) is 55.0 Å². The minimum Gasteiger partial charge on any atom is -0.311 e. The average Bonchev–Trinajstić information content (AvgIpc) is 3.94. The van der Waals surface area contributed by atoms with E-state index in [-0.39, 0.29) is 28.4 Å². The monoisotopic (exact) mass is 1030 g/mol. The highest BCUT2D eigenvalue weighted by Gasteiger charge is 2.43. The van der Waals surface area contributed by atoms with Crippen molar-refractivity contribution in [3.05, 3.63) is 179 Å². The summed E-state index contributed by atoms with van der Waals surface area (Å²) in [5.41, 5.74) is 24.0. The number of hydrogen-bond donors (Lipinski definition) is 0. The van der Waals surface area contributed by atoms with Crippen LogP contribution in [0.15, 0.2) is 155 Å². The van der Waals surface area contributed by atoms with E-state index in [1.54, 1.807) is 0 Å². The van der Waals surface area contributed by atoms with Crippen LogP contribution in [0.2, 0.25) is 0 Å². The van der Waals surface area contributed by atoms with Gasteiger partial charge in [-0.25, -0.2) is 0 Å². The third kappa shape index (κ3) is 8.66. The summed E-state index contributed by atoms with van der Waals surface area (Å²) in [5, 5.41) is 5.21. The molecule has 2 aliphatic heterocycles. The number of hydrogen-bond acceptors (Lipinski definition) is 2. The van der Waals surface area contributed by atoms with Gasteiger partial charge in [-0.15, -0.1) is 0 Å². The maximum atomic E-state index is 2.79. The lowest BCUT2D eigenvalue weighted by Gasteiger charge is -2.43. The number of rotatable bonds is 9. The van der Waals surface area contributed by atoms with Crippen LogP contribution in [0, 0.1) is 0 Å². The van der Waals surface area contributed by atoms with E-state index in [1.165, 1.54) is 132 Å². The highest BCUT2D eigenvalue weighted by Crippen LogP contribution is 2.49. The topological polar surface area (TPSA) is 13.1 Å². The van der Waals surface area contributed by atoms with Gasteiger partial charge in [-0.2, -0.15) is 0 Å². The molecule has 0 N–H and O–H groups in total. The molecule has 0 fully saturated rings. The lowest BCUT2D eigenvalue weighted by Crippen LogP contribution is -2.60. The smallest absolute Gasteiger partial charge is 0.249 e. The Morgan fingerprint density at radius 2 is 0.870 bits per heavy atom. The first-order valence-electron chi connectivity index (χ1n) is 28.8. The molecule has 0 unspecified atom stereocenters. The molecule has 0 aliphatic carbocycles. The van der Waals surface area contributed by atoms with Gasteiger partial charge in [0, 0.05) is 54.1 Å². The van der Waals surface area contributed by atoms with Gasteiger partial charge in [0.1, 0.15) is 0 Å². The number of nitrogens with zero attached hydrogens (tertiary/aromatic N) is 3. The van der Waals surface area contributed by atoms with Crippen LogP contribution in [0.1, 0.15) is 156 Å². The molecule has 0 atom stereocenters. The molecule has 2 aliphatic rings. The van der Waals surface area contributed by atoms with Crippen LogP contribution in [0.3, 0.4) is 0 Å². The van der Waals surface area contributed by atoms with Crippen molar-refractivity contribution in [2.45, 2.75) is 167 Å². The van der Waals surface area contributed by atoms with Gasteiger partial charge in [-0.1, -0.05) is 200 Å². The fourth-order valence-corrected chi connectivity index (χ4v) is 13.9. The number of para-hydroxylation sites is 2. The van der Waals surface area contributed by atoms with E-state index in [0.717, 1.165) is 38.5 Å². The number of aryl methyl sites for hydroxylation is 2. The molecule has 10 aromatic rings. The minimum absolute atomic E-state index is 0.0149. The highest BCUT2D eigenvalue weighted by atomic mass is 32.2. The fourth-order valence-electron chi connectivity index (χ4n) is 12.7. The Labute approximate surface area is 464 Å². The zero-order chi connectivity index (χ0) is 54.1. The van der Waals surface area contributed by atoms with E-state index in [2.05, 4.69) is 257 Å². The first-order valence-corrected chi connectivity index (χ1v) is 29.6. The molecule has 4 heterocycles. The zero-order valence-corrected chi connectivity index (χ0v) is 49.2. The zero-order valence-electron chi connectivity index (χ0n) is 48.4. The Balaban J connectivity index is 1.15. The van der Waals surface area contributed by atoms with Crippen LogP contribution >= 0.6 is 11.8 Å². The molecule has 0 saturated heterocycles. The van der Waals surface area contributed by atoms with Crippen molar-refractivity contribution < 1.29 is 0 Å². The SMILES string of the molecule is CCCCc1cc(C(C)(C)C)cc(CCCC)c1N1c2cc(-n3c4ccccc4c4cc(C(C)(C)C)ccc43)ccc2B2c3ccc(-n4c5ccccc5c5cc(C(C)(C)C)ccc54)cc3Sc3cc(C(C)(C)C)cc1c32. The van der Waals surface area contributed by atoms with Crippen molar-refractivity contribution in [1.29, 1.82) is 0 Å². The Morgan fingerprint density at radius 1 is 0.403 bits per heavy atom. The van der Waals surface area contributed by atoms with Crippen LogP contribution in [-0.2, 0) is 34.5 Å². The van der Waals surface area contributed by atoms with Gasteiger partial charge in [-0.3, -0.25) is 0 Å². The summed E-state index contributed by atoms with van der Waals surface area (Å²) < 4.78 is 5.06. The molecule has 8 aromatic carbocycles. The molecular formula is C72H78BN3S. The van der Waals surface area contributed by atoms with Gasteiger partial charge >= 0.3 is 0 Å². The van der Waals surface area contributed by atoms with Crippen molar-refractivity contribution in [2.24, 2.45) is 0 Å². The van der Waals surface area contributed by atoms with E-state index in [1.807, 2.05) is 11.8 Å². The van der Waals surface area contributed by atoms with Gasteiger partial charge in [0.2, 0.25) is 6.71 Å². The van der Waals surface area contributed by atoms with Crippen molar-refractivity contribution in [1.82, 2.24) is 9.13 Å². The Kier molecular flexibility index (Phi) is 12.4. The summed E-state index contributed by atoms with van der Waals surface area (Å²) in [4.78, 5) is 5.49. The molecule has 2 aromatic heterocycles. The van der Waals surface area contributed by atoms with Gasteiger partial charge in [0.25, 0.3) is 0 Å². The first-order chi connectivity index (χ1) is 36.6. The molecular weight excluding hydrogens is 950 g/mol. The Hall–Kier alpha value is -6.43. The second-order valence-corrected chi connectivity index (χ2v) is 27.8.